The third-order valence-corrected chi connectivity index (χ3v) is 4.22. The van der Waals surface area contributed by atoms with Gasteiger partial charge in [0, 0.05) is 35.8 Å². The summed E-state index contributed by atoms with van der Waals surface area (Å²) in [4.78, 5) is 2.40. The Labute approximate surface area is 116 Å². The van der Waals surface area contributed by atoms with Crippen LogP contribution in [-0.2, 0) is 0 Å². The molecule has 0 bridgehead atoms. The SMILES string of the molecule is FCC[C@H](c1ccccc1I)N1CCNCC1. The van der Waals surface area contributed by atoms with Gasteiger partial charge in [0.1, 0.15) is 0 Å². The summed E-state index contributed by atoms with van der Waals surface area (Å²) in [5.74, 6) is 0. The third kappa shape index (κ3) is 3.39. The molecular formula is C13H18FIN2. The summed E-state index contributed by atoms with van der Waals surface area (Å²) in [7, 11) is 0. The Morgan fingerprint density at radius 1 is 1.29 bits per heavy atom. The molecule has 0 saturated carbocycles. The van der Waals surface area contributed by atoms with E-state index in [0.29, 0.717) is 6.42 Å². The quantitative estimate of drug-likeness (QED) is 0.842. The van der Waals surface area contributed by atoms with E-state index in [-0.39, 0.29) is 12.7 Å². The van der Waals surface area contributed by atoms with E-state index in [1.54, 1.807) is 0 Å². The smallest absolute Gasteiger partial charge is 0.0912 e. The predicted octanol–water partition coefficient (Wildman–Crippen LogP) is 2.60. The molecule has 0 amide bonds. The Bertz CT molecular complexity index is 353. The Morgan fingerprint density at radius 2 is 2.00 bits per heavy atom. The molecule has 0 radical (unpaired) electrons. The number of piperazine rings is 1. The van der Waals surface area contributed by atoms with Crippen LogP contribution in [0.2, 0.25) is 0 Å². The molecular weight excluding hydrogens is 330 g/mol. The lowest BCUT2D eigenvalue weighted by Crippen LogP contribution is -2.45. The van der Waals surface area contributed by atoms with Gasteiger partial charge in [-0.15, -0.1) is 0 Å². The van der Waals surface area contributed by atoms with Gasteiger partial charge in [-0.3, -0.25) is 9.29 Å². The van der Waals surface area contributed by atoms with Gasteiger partial charge >= 0.3 is 0 Å². The maximum atomic E-state index is 12.8. The van der Waals surface area contributed by atoms with Gasteiger partial charge in [-0.2, -0.15) is 0 Å². The average Bonchev–Trinajstić information content (AvgIpc) is 2.38. The second kappa shape index (κ2) is 6.66. The van der Waals surface area contributed by atoms with Crippen LogP contribution >= 0.6 is 22.6 Å². The van der Waals surface area contributed by atoms with Crippen molar-refractivity contribution >= 4 is 22.6 Å². The van der Waals surface area contributed by atoms with Crippen molar-refractivity contribution in [3.63, 3.8) is 0 Å². The molecule has 0 spiro atoms. The fourth-order valence-corrected chi connectivity index (χ4v) is 3.12. The van der Waals surface area contributed by atoms with Crippen molar-refractivity contribution in [2.24, 2.45) is 0 Å². The highest BCUT2D eigenvalue weighted by Crippen LogP contribution is 2.28. The van der Waals surface area contributed by atoms with E-state index in [9.17, 15) is 4.39 Å². The number of nitrogens with one attached hydrogen (secondary N) is 1. The van der Waals surface area contributed by atoms with Gasteiger partial charge < -0.3 is 5.32 Å². The third-order valence-electron chi connectivity index (χ3n) is 3.24. The van der Waals surface area contributed by atoms with Crippen molar-refractivity contribution in [2.45, 2.75) is 12.5 Å². The van der Waals surface area contributed by atoms with Gasteiger partial charge in [0.05, 0.1) is 6.67 Å². The molecule has 0 aliphatic carbocycles. The van der Waals surface area contributed by atoms with Gasteiger partial charge in [-0.1, -0.05) is 18.2 Å². The summed E-state index contributed by atoms with van der Waals surface area (Å²) in [5.41, 5.74) is 1.27. The minimum absolute atomic E-state index is 0.232. The molecule has 1 saturated heterocycles. The highest BCUT2D eigenvalue weighted by molar-refractivity contribution is 14.1. The first kappa shape index (κ1) is 13.2. The van der Waals surface area contributed by atoms with Crippen molar-refractivity contribution in [1.29, 1.82) is 0 Å². The topological polar surface area (TPSA) is 15.3 Å². The maximum absolute atomic E-state index is 12.8. The molecule has 1 N–H and O–H groups in total. The fraction of sp³-hybridized carbons (Fsp3) is 0.538. The molecule has 0 unspecified atom stereocenters. The van der Waals surface area contributed by atoms with E-state index in [4.69, 9.17) is 0 Å². The lowest BCUT2D eigenvalue weighted by Gasteiger charge is -2.35. The zero-order valence-corrected chi connectivity index (χ0v) is 12.0. The Hall–Kier alpha value is -0.200. The minimum Gasteiger partial charge on any atom is -0.314 e. The summed E-state index contributed by atoms with van der Waals surface area (Å²) in [6.07, 6.45) is 0.597. The minimum atomic E-state index is -0.250. The standard InChI is InChI=1S/C13H18FIN2/c14-6-5-13(17-9-7-16-8-10-17)11-3-1-2-4-12(11)15/h1-4,13,16H,5-10H2/t13-/m1/s1. The molecule has 1 aromatic carbocycles. The molecule has 1 aliphatic rings. The number of halogens is 2. The molecule has 4 heteroatoms. The van der Waals surface area contributed by atoms with Gasteiger partial charge in [-0.05, 0) is 40.6 Å². The van der Waals surface area contributed by atoms with Crippen molar-refractivity contribution in [2.75, 3.05) is 32.9 Å². The van der Waals surface area contributed by atoms with Crippen molar-refractivity contribution in [1.82, 2.24) is 10.2 Å². The van der Waals surface area contributed by atoms with Gasteiger partial charge in [0.2, 0.25) is 0 Å². The lowest BCUT2D eigenvalue weighted by atomic mass is 10.0. The first-order chi connectivity index (χ1) is 8.33. The first-order valence-corrected chi connectivity index (χ1v) is 7.16. The number of hydrogen-bond acceptors (Lipinski definition) is 2. The zero-order chi connectivity index (χ0) is 12.1. The molecule has 1 fully saturated rings. The Kier molecular flexibility index (Phi) is 5.18. The molecule has 0 aromatic heterocycles. The monoisotopic (exact) mass is 348 g/mol. The number of alkyl halides is 1. The summed E-state index contributed by atoms with van der Waals surface area (Å²) >= 11 is 2.35. The van der Waals surface area contributed by atoms with Crippen LogP contribution in [0.1, 0.15) is 18.0 Å². The van der Waals surface area contributed by atoms with E-state index in [2.05, 4.69) is 44.9 Å². The summed E-state index contributed by atoms with van der Waals surface area (Å²) in [5, 5.41) is 3.34. The Balaban J connectivity index is 2.18. The van der Waals surface area contributed by atoms with Crippen LogP contribution in [0.3, 0.4) is 0 Å². The molecule has 1 atom stereocenters. The second-order valence-electron chi connectivity index (χ2n) is 4.30. The normalized spacial score (nSPS) is 19.2. The number of hydrogen-bond donors (Lipinski definition) is 1. The van der Waals surface area contributed by atoms with Crippen molar-refractivity contribution < 1.29 is 4.39 Å². The fourth-order valence-electron chi connectivity index (χ4n) is 2.38. The number of benzene rings is 1. The zero-order valence-electron chi connectivity index (χ0n) is 9.83. The molecule has 17 heavy (non-hydrogen) atoms. The van der Waals surface area contributed by atoms with Crippen LogP contribution in [0.15, 0.2) is 24.3 Å². The molecule has 1 heterocycles. The van der Waals surface area contributed by atoms with E-state index < -0.39 is 0 Å². The van der Waals surface area contributed by atoms with Gasteiger partial charge in [0.25, 0.3) is 0 Å². The van der Waals surface area contributed by atoms with Crippen LogP contribution in [0, 0.1) is 3.57 Å². The molecule has 1 aliphatic heterocycles. The van der Waals surface area contributed by atoms with Crippen molar-refractivity contribution in [3.05, 3.63) is 33.4 Å². The van der Waals surface area contributed by atoms with E-state index in [0.717, 1.165) is 26.2 Å². The van der Waals surface area contributed by atoms with Crippen LogP contribution < -0.4 is 5.32 Å². The largest absolute Gasteiger partial charge is 0.314 e. The lowest BCUT2D eigenvalue weighted by molar-refractivity contribution is 0.157. The predicted molar refractivity (Wildman–Crippen MR) is 76.9 cm³/mol. The first-order valence-electron chi connectivity index (χ1n) is 6.08. The highest BCUT2D eigenvalue weighted by Gasteiger charge is 2.23. The van der Waals surface area contributed by atoms with E-state index in [1.165, 1.54) is 9.13 Å². The van der Waals surface area contributed by atoms with E-state index in [1.807, 2.05) is 12.1 Å². The van der Waals surface area contributed by atoms with Crippen LogP contribution in [0.4, 0.5) is 4.39 Å². The second-order valence-corrected chi connectivity index (χ2v) is 5.46. The maximum Gasteiger partial charge on any atom is 0.0912 e. The summed E-state index contributed by atoms with van der Waals surface area (Å²) < 4.78 is 14.0. The van der Waals surface area contributed by atoms with Gasteiger partial charge in [-0.25, -0.2) is 0 Å². The summed E-state index contributed by atoms with van der Waals surface area (Å²) in [6.45, 7) is 3.78. The van der Waals surface area contributed by atoms with E-state index >= 15 is 0 Å². The Morgan fingerprint density at radius 3 is 2.65 bits per heavy atom. The molecule has 1 aromatic rings. The average molecular weight is 348 g/mol. The van der Waals surface area contributed by atoms with Crippen LogP contribution in [0.5, 0.6) is 0 Å². The molecule has 94 valence electrons. The summed E-state index contributed by atoms with van der Waals surface area (Å²) in [6, 6.07) is 8.55. The van der Waals surface area contributed by atoms with Crippen LogP contribution in [0.25, 0.3) is 0 Å². The van der Waals surface area contributed by atoms with Crippen LogP contribution in [-0.4, -0.2) is 37.8 Å². The molecule has 2 rings (SSSR count). The molecule has 2 nitrogen and oxygen atoms in total. The number of rotatable bonds is 4. The highest BCUT2D eigenvalue weighted by atomic mass is 127. The van der Waals surface area contributed by atoms with Crippen molar-refractivity contribution in [3.8, 4) is 0 Å². The van der Waals surface area contributed by atoms with Gasteiger partial charge in [0.15, 0.2) is 0 Å². The number of nitrogens with zero attached hydrogens (tertiary/aromatic N) is 1.